The van der Waals surface area contributed by atoms with E-state index in [1.54, 1.807) is 0 Å². The van der Waals surface area contributed by atoms with E-state index >= 15 is 0 Å². The normalized spacial score (nSPS) is 10.4. The standard InChI is InChI=1S/C25H28N2OS/c1-4-28-24-13-9-8-12-22(24)18-27(17-21-10-6-5-7-11-21)25(29)26-23-15-14-19(2)20(3)16-23/h5-16H,4,17-18H2,1-3H3,(H,26,29). The third kappa shape index (κ3) is 5.81. The quantitative estimate of drug-likeness (QED) is 0.481. The minimum atomic E-state index is 0.640. The molecule has 3 rings (SSSR count). The molecule has 0 amide bonds. The van der Waals surface area contributed by atoms with Crippen molar-refractivity contribution in [2.75, 3.05) is 11.9 Å². The number of hydrogen-bond donors (Lipinski definition) is 1. The summed E-state index contributed by atoms with van der Waals surface area (Å²) in [5.74, 6) is 0.905. The molecule has 1 N–H and O–H groups in total. The summed E-state index contributed by atoms with van der Waals surface area (Å²) in [7, 11) is 0. The Hall–Kier alpha value is -2.85. The number of anilines is 1. The van der Waals surface area contributed by atoms with Gasteiger partial charge < -0.3 is 15.0 Å². The molecule has 0 atom stereocenters. The lowest BCUT2D eigenvalue weighted by Gasteiger charge is -2.27. The molecular weight excluding hydrogens is 376 g/mol. The van der Waals surface area contributed by atoms with Crippen LogP contribution in [-0.4, -0.2) is 16.6 Å². The first-order valence-corrected chi connectivity index (χ1v) is 10.4. The van der Waals surface area contributed by atoms with E-state index in [0.29, 0.717) is 18.3 Å². The number of thiocarbonyl (C=S) groups is 1. The summed E-state index contributed by atoms with van der Waals surface area (Å²) < 4.78 is 5.82. The van der Waals surface area contributed by atoms with Crippen LogP contribution in [0.2, 0.25) is 0 Å². The molecule has 0 aliphatic carbocycles. The molecule has 3 nitrogen and oxygen atoms in total. The monoisotopic (exact) mass is 404 g/mol. The second-order valence-electron chi connectivity index (χ2n) is 7.11. The molecule has 150 valence electrons. The van der Waals surface area contributed by atoms with Gasteiger partial charge in [0.05, 0.1) is 6.61 Å². The number of rotatable bonds is 7. The SMILES string of the molecule is CCOc1ccccc1CN(Cc1ccccc1)C(=S)Nc1ccc(C)c(C)c1. The van der Waals surface area contributed by atoms with Crippen LogP contribution in [0.15, 0.2) is 72.8 Å². The second-order valence-corrected chi connectivity index (χ2v) is 7.50. The van der Waals surface area contributed by atoms with Crippen molar-refractivity contribution in [2.24, 2.45) is 0 Å². The zero-order valence-corrected chi connectivity index (χ0v) is 18.1. The van der Waals surface area contributed by atoms with Crippen molar-refractivity contribution in [1.29, 1.82) is 0 Å². The third-order valence-electron chi connectivity index (χ3n) is 4.90. The lowest BCUT2D eigenvalue weighted by Crippen LogP contribution is -2.34. The number of nitrogens with one attached hydrogen (secondary N) is 1. The lowest BCUT2D eigenvalue weighted by molar-refractivity contribution is 0.327. The van der Waals surface area contributed by atoms with Crippen LogP contribution in [0, 0.1) is 13.8 Å². The van der Waals surface area contributed by atoms with Gasteiger partial charge in [0.2, 0.25) is 0 Å². The van der Waals surface area contributed by atoms with E-state index in [-0.39, 0.29) is 0 Å². The molecule has 0 radical (unpaired) electrons. The summed E-state index contributed by atoms with van der Waals surface area (Å²) in [6.45, 7) is 8.26. The number of hydrogen-bond acceptors (Lipinski definition) is 2. The predicted molar refractivity (Wildman–Crippen MR) is 125 cm³/mol. The summed E-state index contributed by atoms with van der Waals surface area (Å²) in [5, 5.41) is 4.12. The van der Waals surface area contributed by atoms with E-state index in [0.717, 1.165) is 23.5 Å². The highest BCUT2D eigenvalue weighted by Crippen LogP contribution is 2.22. The van der Waals surface area contributed by atoms with E-state index in [1.807, 2.05) is 31.2 Å². The van der Waals surface area contributed by atoms with E-state index in [1.165, 1.54) is 16.7 Å². The van der Waals surface area contributed by atoms with Crippen LogP contribution in [-0.2, 0) is 13.1 Å². The average molecular weight is 405 g/mol. The molecule has 0 spiro atoms. The number of aryl methyl sites for hydroxylation is 2. The smallest absolute Gasteiger partial charge is 0.174 e. The minimum absolute atomic E-state index is 0.640. The summed E-state index contributed by atoms with van der Waals surface area (Å²) >= 11 is 5.81. The molecule has 3 aromatic rings. The molecule has 3 aromatic carbocycles. The zero-order chi connectivity index (χ0) is 20.6. The number of para-hydroxylation sites is 1. The topological polar surface area (TPSA) is 24.5 Å². The second kappa shape index (κ2) is 10.1. The first-order valence-electron chi connectivity index (χ1n) is 9.94. The lowest BCUT2D eigenvalue weighted by atomic mass is 10.1. The Morgan fingerprint density at radius 1 is 0.897 bits per heavy atom. The fourth-order valence-electron chi connectivity index (χ4n) is 3.16. The highest BCUT2D eigenvalue weighted by atomic mass is 32.1. The van der Waals surface area contributed by atoms with Crippen LogP contribution >= 0.6 is 12.2 Å². The summed E-state index contributed by atoms with van der Waals surface area (Å²) in [6, 6.07) is 24.9. The van der Waals surface area contributed by atoms with Crippen LogP contribution in [0.5, 0.6) is 5.75 Å². The Labute approximate surface area is 179 Å². The van der Waals surface area contributed by atoms with Crippen molar-refractivity contribution in [3.05, 3.63) is 95.1 Å². The van der Waals surface area contributed by atoms with Gasteiger partial charge in [-0.05, 0) is 67.9 Å². The van der Waals surface area contributed by atoms with Crippen molar-refractivity contribution >= 4 is 23.0 Å². The molecule has 0 heterocycles. The third-order valence-corrected chi connectivity index (χ3v) is 5.26. The predicted octanol–water partition coefficient (Wildman–Crippen LogP) is 6.10. The van der Waals surface area contributed by atoms with Crippen molar-refractivity contribution in [2.45, 2.75) is 33.9 Å². The molecule has 0 bridgehead atoms. The Morgan fingerprint density at radius 3 is 2.34 bits per heavy atom. The first kappa shape index (κ1) is 20.9. The Balaban J connectivity index is 1.84. The van der Waals surface area contributed by atoms with Crippen LogP contribution < -0.4 is 10.1 Å². The Kier molecular flexibility index (Phi) is 7.25. The summed E-state index contributed by atoms with van der Waals surface area (Å²) in [6.07, 6.45) is 0. The van der Waals surface area contributed by atoms with Crippen molar-refractivity contribution in [3.8, 4) is 5.75 Å². The van der Waals surface area contributed by atoms with E-state index in [4.69, 9.17) is 17.0 Å². The van der Waals surface area contributed by atoms with E-state index in [9.17, 15) is 0 Å². The Bertz CT molecular complexity index is 956. The van der Waals surface area contributed by atoms with Crippen LogP contribution in [0.1, 0.15) is 29.2 Å². The van der Waals surface area contributed by atoms with Crippen molar-refractivity contribution < 1.29 is 4.74 Å². The van der Waals surface area contributed by atoms with Gasteiger partial charge in [0.1, 0.15) is 5.75 Å². The molecule has 0 unspecified atom stereocenters. The van der Waals surface area contributed by atoms with Gasteiger partial charge in [0, 0.05) is 24.3 Å². The maximum absolute atomic E-state index is 5.82. The molecule has 0 aliphatic rings. The van der Waals surface area contributed by atoms with E-state index in [2.05, 4.69) is 72.6 Å². The highest BCUT2D eigenvalue weighted by Gasteiger charge is 2.14. The molecule has 0 aromatic heterocycles. The Morgan fingerprint density at radius 2 is 1.62 bits per heavy atom. The fourth-order valence-corrected chi connectivity index (χ4v) is 3.41. The molecule has 0 saturated carbocycles. The molecule has 0 aliphatic heterocycles. The molecule has 4 heteroatoms. The first-order chi connectivity index (χ1) is 14.1. The molecule has 0 saturated heterocycles. The fraction of sp³-hybridized carbons (Fsp3) is 0.240. The maximum atomic E-state index is 5.82. The van der Waals surface area contributed by atoms with Crippen LogP contribution in [0.25, 0.3) is 0 Å². The van der Waals surface area contributed by atoms with Gasteiger partial charge in [0.25, 0.3) is 0 Å². The van der Waals surface area contributed by atoms with Crippen LogP contribution in [0.3, 0.4) is 0 Å². The van der Waals surface area contributed by atoms with Crippen LogP contribution in [0.4, 0.5) is 5.69 Å². The molecule has 0 fully saturated rings. The highest BCUT2D eigenvalue weighted by molar-refractivity contribution is 7.80. The van der Waals surface area contributed by atoms with Crippen molar-refractivity contribution in [1.82, 2.24) is 4.90 Å². The summed E-state index contributed by atoms with van der Waals surface area (Å²) in [5.41, 5.74) is 5.86. The molecule has 29 heavy (non-hydrogen) atoms. The van der Waals surface area contributed by atoms with Gasteiger partial charge in [-0.1, -0.05) is 54.6 Å². The van der Waals surface area contributed by atoms with Gasteiger partial charge in [-0.25, -0.2) is 0 Å². The van der Waals surface area contributed by atoms with E-state index < -0.39 is 0 Å². The zero-order valence-electron chi connectivity index (χ0n) is 17.3. The minimum Gasteiger partial charge on any atom is -0.494 e. The van der Waals surface area contributed by atoms with Gasteiger partial charge in [0.15, 0.2) is 5.11 Å². The van der Waals surface area contributed by atoms with Gasteiger partial charge in [-0.3, -0.25) is 0 Å². The largest absolute Gasteiger partial charge is 0.494 e. The van der Waals surface area contributed by atoms with Gasteiger partial charge in [-0.2, -0.15) is 0 Å². The van der Waals surface area contributed by atoms with Crippen molar-refractivity contribution in [3.63, 3.8) is 0 Å². The van der Waals surface area contributed by atoms with Gasteiger partial charge >= 0.3 is 0 Å². The maximum Gasteiger partial charge on any atom is 0.174 e. The summed E-state index contributed by atoms with van der Waals surface area (Å²) in [4.78, 5) is 2.18. The average Bonchev–Trinajstić information content (AvgIpc) is 2.72. The molecular formula is C25H28N2OS. The van der Waals surface area contributed by atoms with Gasteiger partial charge in [-0.15, -0.1) is 0 Å². The number of benzene rings is 3. The number of ether oxygens (including phenoxy) is 1. The number of nitrogens with zero attached hydrogens (tertiary/aromatic N) is 1.